The van der Waals surface area contributed by atoms with E-state index in [9.17, 15) is 14.0 Å². The zero-order valence-electron chi connectivity index (χ0n) is 13.1. The van der Waals surface area contributed by atoms with Crippen molar-refractivity contribution in [3.63, 3.8) is 0 Å². The number of esters is 1. The Balaban J connectivity index is 2.12. The molecule has 0 N–H and O–H groups in total. The van der Waals surface area contributed by atoms with Crippen LogP contribution in [-0.2, 0) is 9.53 Å². The Morgan fingerprint density at radius 3 is 2.56 bits per heavy atom. The maximum atomic E-state index is 13.2. The number of fused-ring (bicyclic) bond motifs is 1. The van der Waals surface area contributed by atoms with E-state index in [1.165, 1.54) is 36.4 Å². The molecule has 3 rings (SSSR count). The van der Waals surface area contributed by atoms with Crippen molar-refractivity contribution in [2.24, 2.45) is 5.92 Å². The summed E-state index contributed by atoms with van der Waals surface area (Å²) in [6, 6.07) is 8.21. The lowest BCUT2D eigenvalue weighted by Crippen LogP contribution is -2.38. The number of halogens is 3. The molecule has 0 aliphatic carbocycles. The molecule has 0 radical (unpaired) electrons. The summed E-state index contributed by atoms with van der Waals surface area (Å²) in [5, 5.41) is 0.411. The van der Waals surface area contributed by atoms with E-state index in [0.29, 0.717) is 5.56 Å². The van der Waals surface area contributed by atoms with Gasteiger partial charge in [0.2, 0.25) is 0 Å². The van der Waals surface area contributed by atoms with Crippen LogP contribution in [0, 0.1) is 11.7 Å². The normalized spacial score (nSPS) is 19.1. The summed E-state index contributed by atoms with van der Waals surface area (Å²) < 4.78 is 24.1. The van der Waals surface area contributed by atoms with Crippen molar-refractivity contribution in [2.45, 2.75) is 13.0 Å². The highest BCUT2D eigenvalue weighted by atomic mass is 35.5. The molecule has 1 aliphatic rings. The number of hydrogen-bond acceptors (Lipinski definition) is 4. The maximum absolute atomic E-state index is 13.2. The predicted molar refractivity (Wildman–Crippen MR) is 90.7 cm³/mol. The molecule has 2 unspecified atom stereocenters. The lowest BCUT2D eigenvalue weighted by atomic mass is 9.85. The third-order valence-corrected chi connectivity index (χ3v) is 4.34. The molecule has 1 heterocycles. The van der Waals surface area contributed by atoms with Gasteiger partial charge in [0.15, 0.2) is 11.7 Å². The van der Waals surface area contributed by atoms with Gasteiger partial charge in [0, 0.05) is 5.02 Å². The Morgan fingerprint density at radius 1 is 1.24 bits per heavy atom. The number of ether oxygens (including phenoxy) is 2. The fraction of sp³-hybridized carbons (Fsp3) is 0.222. The molecule has 0 aromatic heterocycles. The highest BCUT2D eigenvalue weighted by Crippen LogP contribution is 2.44. The second-order valence-electron chi connectivity index (χ2n) is 5.45. The van der Waals surface area contributed by atoms with Crippen LogP contribution >= 0.6 is 23.2 Å². The van der Waals surface area contributed by atoms with Crippen LogP contribution in [0.1, 0.15) is 28.9 Å². The molecule has 2 aromatic rings. The van der Waals surface area contributed by atoms with Gasteiger partial charge in [0.1, 0.15) is 17.7 Å². The van der Waals surface area contributed by atoms with Crippen molar-refractivity contribution in [3.05, 3.63) is 63.4 Å². The first-order valence-corrected chi connectivity index (χ1v) is 8.30. The first-order chi connectivity index (χ1) is 11.9. The van der Waals surface area contributed by atoms with Gasteiger partial charge in [-0.15, -0.1) is 0 Å². The van der Waals surface area contributed by atoms with Crippen LogP contribution in [0.5, 0.6) is 5.75 Å². The fourth-order valence-electron chi connectivity index (χ4n) is 2.74. The summed E-state index contributed by atoms with van der Waals surface area (Å²) in [7, 11) is 0. The van der Waals surface area contributed by atoms with Gasteiger partial charge in [0.05, 0.1) is 17.2 Å². The standard InChI is InChI=1S/C18H13Cl2FO4/c1-2-24-18(23)14-15(22)12-7-10(19)8-13(20)17(12)25-16(14)9-3-5-11(21)6-4-9/h3-8,14,16H,2H2,1H3. The van der Waals surface area contributed by atoms with Gasteiger partial charge >= 0.3 is 5.97 Å². The van der Waals surface area contributed by atoms with Crippen molar-refractivity contribution in [1.29, 1.82) is 0 Å². The number of ketones is 1. The molecule has 0 bridgehead atoms. The number of carbonyl (C=O) groups is 2. The van der Waals surface area contributed by atoms with E-state index >= 15 is 0 Å². The highest BCUT2D eigenvalue weighted by Gasteiger charge is 2.44. The number of Topliss-reactive ketones (excluding diaryl/α,β-unsaturated/α-hetero) is 1. The lowest BCUT2D eigenvalue weighted by Gasteiger charge is -2.32. The van der Waals surface area contributed by atoms with Gasteiger partial charge in [-0.05, 0) is 36.8 Å². The first kappa shape index (κ1) is 17.7. The largest absolute Gasteiger partial charge is 0.482 e. The molecule has 4 nitrogen and oxygen atoms in total. The number of rotatable bonds is 3. The summed E-state index contributed by atoms with van der Waals surface area (Å²) in [5.41, 5.74) is 0.582. The molecule has 0 fully saturated rings. The summed E-state index contributed by atoms with van der Waals surface area (Å²) in [4.78, 5) is 25.3. The third kappa shape index (κ3) is 3.34. The number of hydrogen-bond donors (Lipinski definition) is 0. The third-order valence-electron chi connectivity index (χ3n) is 3.84. The minimum Gasteiger partial charge on any atom is -0.482 e. The average Bonchev–Trinajstić information content (AvgIpc) is 2.56. The molecule has 0 saturated heterocycles. The molecular formula is C18H13Cl2FO4. The zero-order chi connectivity index (χ0) is 18.1. The van der Waals surface area contributed by atoms with Gasteiger partial charge in [0.25, 0.3) is 0 Å². The fourth-order valence-corrected chi connectivity index (χ4v) is 3.28. The van der Waals surface area contributed by atoms with E-state index in [1.54, 1.807) is 6.92 Å². The van der Waals surface area contributed by atoms with Crippen LogP contribution in [-0.4, -0.2) is 18.4 Å². The summed E-state index contributed by atoms with van der Waals surface area (Å²) in [6.45, 7) is 1.75. The highest BCUT2D eigenvalue weighted by molar-refractivity contribution is 6.36. The SMILES string of the molecule is CCOC(=O)C1C(=O)c2cc(Cl)cc(Cl)c2OC1c1ccc(F)cc1. The minimum absolute atomic E-state index is 0.113. The quantitative estimate of drug-likeness (QED) is 0.573. The Kier molecular flexibility index (Phi) is 4.97. The Hall–Kier alpha value is -2.11. The van der Waals surface area contributed by atoms with Gasteiger partial charge < -0.3 is 9.47 Å². The van der Waals surface area contributed by atoms with Gasteiger partial charge in [-0.2, -0.15) is 0 Å². The van der Waals surface area contributed by atoms with Crippen molar-refractivity contribution >= 4 is 35.0 Å². The van der Waals surface area contributed by atoms with E-state index in [-0.39, 0.29) is 28.0 Å². The molecule has 0 spiro atoms. The summed E-state index contributed by atoms with van der Waals surface area (Å²) >= 11 is 12.1. The second kappa shape index (κ2) is 7.02. The van der Waals surface area contributed by atoms with Crippen molar-refractivity contribution in [3.8, 4) is 5.75 Å². The van der Waals surface area contributed by atoms with Gasteiger partial charge in [-0.3, -0.25) is 9.59 Å². The molecule has 130 valence electrons. The average molecular weight is 383 g/mol. The zero-order valence-corrected chi connectivity index (χ0v) is 14.6. The Labute approximate surface area is 153 Å². The number of carbonyl (C=O) groups excluding carboxylic acids is 2. The molecule has 25 heavy (non-hydrogen) atoms. The van der Waals surface area contributed by atoms with E-state index < -0.39 is 29.6 Å². The van der Waals surface area contributed by atoms with E-state index in [0.717, 1.165) is 0 Å². The molecule has 2 aromatic carbocycles. The molecule has 7 heteroatoms. The van der Waals surface area contributed by atoms with E-state index in [4.69, 9.17) is 32.7 Å². The van der Waals surface area contributed by atoms with Crippen LogP contribution in [0.4, 0.5) is 4.39 Å². The van der Waals surface area contributed by atoms with Crippen LogP contribution in [0.2, 0.25) is 10.0 Å². The predicted octanol–water partition coefficient (Wildman–Crippen LogP) is 4.63. The molecule has 2 atom stereocenters. The minimum atomic E-state index is -1.23. The monoisotopic (exact) mass is 382 g/mol. The van der Waals surface area contributed by atoms with Crippen molar-refractivity contribution in [2.75, 3.05) is 6.61 Å². The molecule has 0 saturated carbocycles. The molecule has 1 aliphatic heterocycles. The smallest absolute Gasteiger partial charge is 0.321 e. The van der Waals surface area contributed by atoms with Crippen molar-refractivity contribution in [1.82, 2.24) is 0 Å². The van der Waals surface area contributed by atoms with Gasteiger partial charge in [-0.1, -0.05) is 35.3 Å². The second-order valence-corrected chi connectivity index (χ2v) is 6.29. The molecular weight excluding hydrogens is 370 g/mol. The topological polar surface area (TPSA) is 52.6 Å². The maximum Gasteiger partial charge on any atom is 0.321 e. The Bertz CT molecular complexity index is 836. The molecule has 0 amide bonds. The lowest BCUT2D eigenvalue weighted by molar-refractivity contribution is -0.149. The van der Waals surface area contributed by atoms with Crippen molar-refractivity contribution < 1.29 is 23.5 Å². The summed E-state index contributed by atoms with van der Waals surface area (Å²) in [5.74, 6) is -2.75. The van der Waals surface area contributed by atoms with Crippen LogP contribution in [0.3, 0.4) is 0 Å². The van der Waals surface area contributed by atoms with Crippen LogP contribution in [0.15, 0.2) is 36.4 Å². The number of benzene rings is 2. The van der Waals surface area contributed by atoms with Gasteiger partial charge in [-0.25, -0.2) is 4.39 Å². The first-order valence-electron chi connectivity index (χ1n) is 7.54. The van der Waals surface area contributed by atoms with Crippen LogP contribution < -0.4 is 4.74 Å². The van der Waals surface area contributed by atoms with E-state index in [1.807, 2.05) is 0 Å². The summed E-state index contributed by atoms with van der Waals surface area (Å²) in [6.07, 6.45) is -0.974. The van der Waals surface area contributed by atoms with Crippen LogP contribution in [0.25, 0.3) is 0 Å². The Morgan fingerprint density at radius 2 is 1.92 bits per heavy atom. The van der Waals surface area contributed by atoms with E-state index in [2.05, 4.69) is 0 Å².